The van der Waals surface area contributed by atoms with Crippen LogP contribution in [0, 0.1) is 0 Å². The van der Waals surface area contributed by atoms with Gasteiger partial charge in [-0.05, 0) is 42.0 Å². The summed E-state index contributed by atoms with van der Waals surface area (Å²) in [7, 11) is 1.60. The zero-order valence-electron chi connectivity index (χ0n) is 14.6. The molecular formula is C19H21ClN2O3S. The smallest absolute Gasteiger partial charge is 0.243 e. The molecule has 2 aromatic rings. The summed E-state index contributed by atoms with van der Waals surface area (Å²) in [6.07, 6.45) is 0. The van der Waals surface area contributed by atoms with E-state index in [9.17, 15) is 9.59 Å². The molecule has 0 radical (unpaired) electrons. The van der Waals surface area contributed by atoms with Crippen LogP contribution in [0.4, 0.5) is 0 Å². The van der Waals surface area contributed by atoms with E-state index in [1.165, 1.54) is 18.7 Å². The van der Waals surface area contributed by atoms with Crippen molar-refractivity contribution in [2.75, 3.05) is 12.9 Å². The Morgan fingerprint density at radius 1 is 1.12 bits per heavy atom. The second kappa shape index (κ2) is 10.1. The molecule has 0 saturated heterocycles. The maximum absolute atomic E-state index is 12.5. The highest BCUT2D eigenvalue weighted by molar-refractivity contribution is 7.99. The van der Waals surface area contributed by atoms with Crippen molar-refractivity contribution in [3.8, 4) is 5.75 Å². The first-order valence-corrected chi connectivity index (χ1v) is 9.40. The summed E-state index contributed by atoms with van der Waals surface area (Å²) in [5.41, 5.74) is 0.950. The Balaban J connectivity index is 1.92. The number of carbonyl (C=O) groups excluding carboxylic acids is 2. The molecule has 1 atom stereocenters. The summed E-state index contributed by atoms with van der Waals surface area (Å²) in [5.74, 6) is 0.717. The molecule has 0 aliphatic heterocycles. The molecule has 0 heterocycles. The van der Waals surface area contributed by atoms with Crippen LogP contribution < -0.4 is 15.4 Å². The number of hydrogen-bond donors (Lipinski definition) is 2. The lowest BCUT2D eigenvalue weighted by Gasteiger charge is -2.17. The predicted octanol–water partition coefficient (Wildman–Crippen LogP) is 3.26. The fourth-order valence-corrected chi connectivity index (χ4v) is 3.24. The van der Waals surface area contributed by atoms with Crippen molar-refractivity contribution in [3.05, 3.63) is 59.1 Å². The molecule has 0 aromatic heterocycles. The maximum Gasteiger partial charge on any atom is 0.243 e. The normalized spacial score (nSPS) is 11.5. The number of ether oxygens (including phenoxy) is 1. The Kier molecular flexibility index (Phi) is 7.81. The van der Waals surface area contributed by atoms with E-state index in [2.05, 4.69) is 10.6 Å². The van der Waals surface area contributed by atoms with Crippen LogP contribution in [0.25, 0.3) is 0 Å². The Bertz CT molecular complexity index is 735. The molecule has 0 saturated carbocycles. The number of amides is 2. The van der Waals surface area contributed by atoms with Gasteiger partial charge < -0.3 is 15.4 Å². The van der Waals surface area contributed by atoms with Crippen molar-refractivity contribution in [1.82, 2.24) is 10.6 Å². The number of benzene rings is 2. The average molecular weight is 393 g/mol. The number of nitrogens with one attached hydrogen (secondary N) is 2. The minimum absolute atomic E-state index is 0.225. The standard InChI is InChI=1S/C19H21ClN2O3S/c1-13(23)22-18(12-26-17-9-5-15(20)6-10-17)19(24)21-11-14-3-7-16(25-2)8-4-14/h3-10,18H,11-12H2,1-2H3,(H,21,24)(H,22,23). The van der Waals surface area contributed by atoms with Crippen LogP contribution >= 0.6 is 23.4 Å². The summed E-state index contributed by atoms with van der Waals surface area (Å²) in [6, 6.07) is 14.2. The summed E-state index contributed by atoms with van der Waals surface area (Å²) in [4.78, 5) is 24.9. The van der Waals surface area contributed by atoms with Gasteiger partial charge in [0.1, 0.15) is 11.8 Å². The van der Waals surface area contributed by atoms with E-state index in [1.807, 2.05) is 36.4 Å². The van der Waals surface area contributed by atoms with Gasteiger partial charge in [-0.2, -0.15) is 0 Å². The topological polar surface area (TPSA) is 67.4 Å². The maximum atomic E-state index is 12.5. The highest BCUT2D eigenvalue weighted by Crippen LogP contribution is 2.21. The lowest BCUT2D eigenvalue weighted by molar-refractivity contribution is -0.127. The number of halogens is 1. The average Bonchev–Trinajstić information content (AvgIpc) is 2.64. The molecule has 2 rings (SSSR count). The van der Waals surface area contributed by atoms with E-state index in [4.69, 9.17) is 16.3 Å². The van der Waals surface area contributed by atoms with Crippen LogP contribution in [-0.2, 0) is 16.1 Å². The lowest BCUT2D eigenvalue weighted by Crippen LogP contribution is -2.47. The summed E-state index contributed by atoms with van der Waals surface area (Å²) >= 11 is 7.36. The van der Waals surface area contributed by atoms with Gasteiger partial charge in [-0.15, -0.1) is 11.8 Å². The molecule has 5 nitrogen and oxygen atoms in total. The second-order valence-electron chi connectivity index (χ2n) is 5.58. The highest BCUT2D eigenvalue weighted by atomic mass is 35.5. The van der Waals surface area contributed by atoms with Gasteiger partial charge in [0, 0.05) is 29.1 Å². The molecular weight excluding hydrogens is 372 g/mol. The van der Waals surface area contributed by atoms with E-state index in [1.54, 1.807) is 19.2 Å². The van der Waals surface area contributed by atoms with Crippen molar-refractivity contribution in [2.24, 2.45) is 0 Å². The first-order valence-electron chi connectivity index (χ1n) is 8.04. The second-order valence-corrected chi connectivity index (χ2v) is 7.11. The molecule has 2 amide bonds. The predicted molar refractivity (Wildman–Crippen MR) is 105 cm³/mol. The Labute approximate surface area is 162 Å². The van der Waals surface area contributed by atoms with Crippen LogP contribution in [0.1, 0.15) is 12.5 Å². The molecule has 0 aliphatic carbocycles. The molecule has 0 spiro atoms. The van der Waals surface area contributed by atoms with Crippen LogP contribution in [0.15, 0.2) is 53.4 Å². The SMILES string of the molecule is COc1ccc(CNC(=O)C(CSc2ccc(Cl)cc2)NC(C)=O)cc1. The van der Waals surface area contributed by atoms with Gasteiger partial charge in [0.05, 0.1) is 7.11 Å². The zero-order chi connectivity index (χ0) is 18.9. The molecule has 0 aliphatic rings. The van der Waals surface area contributed by atoms with Crippen molar-refractivity contribution >= 4 is 35.2 Å². The molecule has 0 bridgehead atoms. The van der Waals surface area contributed by atoms with E-state index in [0.29, 0.717) is 17.3 Å². The lowest BCUT2D eigenvalue weighted by atomic mass is 10.2. The van der Waals surface area contributed by atoms with Gasteiger partial charge in [0.25, 0.3) is 0 Å². The Hall–Kier alpha value is -2.18. The van der Waals surface area contributed by atoms with E-state index >= 15 is 0 Å². The van der Waals surface area contributed by atoms with Gasteiger partial charge in [-0.1, -0.05) is 23.7 Å². The highest BCUT2D eigenvalue weighted by Gasteiger charge is 2.19. The van der Waals surface area contributed by atoms with Crippen LogP contribution in [0.3, 0.4) is 0 Å². The minimum atomic E-state index is -0.619. The summed E-state index contributed by atoms with van der Waals surface area (Å²) in [6.45, 7) is 1.78. The molecule has 2 N–H and O–H groups in total. The van der Waals surface area contributed by atoms with E-state index in [0.717, 1.165) is 16.2 Å². The molecule has 0 fully saturated rings. The summed E-state index contributed by atoms with van der Waals surface area (Å²) in [5, 5.41) is 6.21. The van der Waals surface area contributed by atoms with Gasteiger partial charge >= 0.3 is 0 Å². The van der Waals surface area contributed by atoms with Gasteiger partial charge in [-0.25, -0.2) is 0 Å². The van der Waals surface area contributed by atoms with Gasteiger partial charge in [0.15, 0.2) is 0 Å². The minimum Gasteiger partial charge on any atom is -0.497 e. The molecule has 26 heavy (non-hydrogen) atoms. The Morgan fingerprint density at radius 2 is 1.77 bits per heavy atom. The number of thioether (sulfide) groups is 1. The number of methoxy groups -OCH3 is 1. The van der Waals surface area contributed by atoms with Crippen molar-refractivity contribution in [1.29, 1.82) is 0 Å². The third-order valence-corrected chi connectivity index (χ3v) is 4.91. The van der Waals surface area contributed by atoms with Crippen molar-refractivity contribution in [3.63, 3.8) is 0 Å². The molecule has 7 heteroatoms. The van der Waals surface area contributed by atoms with Crippen molar-refractivity contribution < 1.29 is 14.3 Å². The van der Waals surface area contributed by atoms with Crippen LogP contribution in [-0.4, -0.2) is 30.7 Å². The molecule has 1 unspecified atom stereocenters. The largest absolute Gasteiger partial charge is 0.497 e. The first-order chi connectivity index (χ1) is 12.5. The molecule has 138 valence electrons. The zero-order valence-corrected chi connectivity index (χ0v) is 16.2. The van der Waals surface area contributed by atoms with Crippen LogP contribution in [0.5, 0.6) is 5.75 Å². The molecule has 2 aromatic carbocycles. The number of carbonyl (C=O) groups is 2. The fourth-order valence-electron chi connectivity index (χ4n) is 2.19. The van der Waals surface area contributed by atoms with Gasteiger partial charge in [0.2, 0.25) is 11.8 Å². The number of rotatable bonds is 8. The van der Waals surface area contributed by atoms with Gasteiger partial charge in [-0.3, -0.25) is 9.59 Å². The fraction of sp³-hybridized carbons (Fsp3) is 0.263. The monoisotopic (exact) mass is 392 g/mol. The number of hydrogen-bond acceptors (Lipinski definition) is 4. The third-order valence-electron chi connectivity index (χ3n) is 3.55. The quantitative estimate of drug-likeness (QED) is 0.676. The van der Waals surface area contributed by atoms with Crippen molar-refractivity contribution in [2.45, 2.75) is 24.4 Å². The summed E-state index contributed by atoms with van der Waals surface area (Å²) < 4.78 is 5.11. The Morgan fingerprint density at radius 3 is 2.35 bits per heavy atom. The third kappa shape index (κ3) is 6.61. The van der Waals surface area contributed by atoms with Crippen LogP contribution in [0.2, 0.25) is 5.02 Å². The first kappa shape index (κ1) is 20.1. The van der Waals surface area contributed by atoms with E-state index in [-0.39, 0.29) is 11.8 Å². The van der Waals surface area contributed by atoms with E-state index < -0.39 is 6.04 Å².